The van der Waals surface area contributed by atoms with Crippen molar-refractivity contribution in [3.8, 4) is 0 Å². The number of rotatable bonds is 6. The van der Waals surface area contributed by atoms with E-state index in [2.05, 4.69) is 60.6 Å². The van der Waals surface area contributed by atoms with Crippen molar-refractivity contribution in [2.24, 2.45) is 11.8 Å². The van der Waals surface area contributed by atoms with Gasteiger partial charge in [0.05, 0.1) is 5.56 Å². The van der Waals surface area contributed by atoms with Crippen LogP contribution in [0.3, 0.4) is 0 Å². The van der Waals surface area contributed by atoms with Gasteiger partial charge in [-0.05, 0) is 92.2 Å². The van der Waals surface area contributed by atoms with Crippen LogP contribution in [-0.4, -0.2) is 31.6 Å². The summed E-state index contributed by atoms with van der Waals surface area (Å²) in [5, 5.41) is 6.45. The molecule has 2 aromatic rings. The predicted octanol–water partition coefficient (Wildman–Crippen LogP) is 7.31. The average Bonchev–Trinajstić information content (AvgIpc) is 2.88. The predicted molar refractivity (Wildman–Crippen MR) is 149 cm³/mol. The van der Waals surface area contributed by atoms with E-state index in [0.717, 1.165) is 58.2 Å². The fourth-order valence-electron chi connectivity index (χ4n) is 5.71. The van der Waals surface area contributed by atoms with E-state index in [9.17, 15) is 18.0 Å². The van der Waals surface area contributed by atoms with Gasteiger partial charge >= 0.3 is 6.18 Å². The summed E-state index contributed by atoms with van der Waals surface area (Å²) < 4.78 is 39.7. The van der Waals surface area contributed by atoms with Gasteiger partial charge in [0, 0.05) is 43.0 Å². The Morgan fingerprint density at radius 2 is 1.55 bits per heavy atom. The first kappa shape index (κ1) is 28.3. The van der Waals surface area contributed by atoms with Crippen molar-refractivity contribution in [1.29, 1.82) is 0 Å². The third-order valence-corrected chi connectivity index (χ3v) is 8.29. The highest BCUT2D eigenvalue weighted by Crippen LogP contribution is 2.35. The fourth-order valence-corrected chi connectivity index (χ4v) is 5.71. The second-order valence-electron chi connectivity index (χ2n) is 12.2. The molecule has 0 radical (unpaired) electrons. The van der Waals surface area contributed by atoms with Gasteiger partial charge in [0.15, 0.2) is 0 Å². The SMILES string of the molecule is Cc1ccc(NC2CCC(C(=O)NCC3CCN(c4ccc(C(C)(C)C)cc4)CC3)CC2)cc1C(F)(F)F. The maximum Gasteiger partial charge on any atom is 0.416 e. The number of alkyl halides is 3. The first-order chi connectivity index (χ1) is 17.9. The number of hydrogen-bond acceptors (Lipinski definition) is 3. The summed E-state index contributed by atoms with van der Waals surface area (Å²) in [5.41, 5.74) is 2.89. The van der Waals surface area contributed by atoms with Crippen LogP contribution in [0, 0.1) is 18.8 Å². The summed E-state index contributed by atoms with van der Waals surface area (Å²) in [6.07, 6.45) is 0.836. The minimum Gasteiger partial charge on any atom is -0.382 e. The maximum absolute atomic E-state index is 13.2. The van der Waals surface area contributed by atoms with Crippen LogP contribution in [0.2, 0.25) is 0 Å². The number of carbonyl (C=O) groups excluding carboxylic acids is 1. The molecule has 1 aliphatic carbocycles. The van der Waals surface area contributed by atoms with Crippen LogP contribution < -0.4 is 15.5 Å². The highest BCUT2D eigenvalue weighted by atomic mass is 19.4. The van der Waals surface area contributed by atoms with Gasteiger partial charge in [-0.3, -0.25) is 4.79 Å². The second kappa shape index (κ2) is 11.6. The Kier molecular flexibility index (Phi) is 8.63. The van der Waals surface area contributed by atoms with E-state index in [1.54, 1.807) is 6.07 Å². The zero-order valence-electron chi connectivity index (χ0n) is 23.1. The Morgan fingerprint density at radius 3 is 2.13 bits per heavy atom. The third-order valence-electron chi connectivity index (χ3n) is 8.29. The smallest absolute Gasteiger partial charge is 0.382 e. The Bertz CT molecular complexity index is 1080. The first-order valence-electron chi connectivity index (χ1n) is 14.0. The molecule has 1 saturated carbocycles. The van der Waals surface area contributed by atoms with Gasteiger partial charge in [0.1, 0.15) is 0 Å². The summed E-state index contributed by atoms with van der Waals surface area (Å²) >= 11 is 0. The molecule has 1 amide bonds. The molecule has 2 N–H and O–H groups in total. The molecule has 1 aliphatic heterocycles. The van der Waals surface area contributed by atoms with Crippen molar-refractivity contribution < 1.29 is 18.0 Å². The van der Waals surface area contributed by atoms with Crippen LogP contribution in [-0.2, 0) is 16.4 Å². The van der Waals surface area contributed by atoms with Crippen LogP contribution >= 0.6 is 0 Å². The van der Waals surface area contributed by atoms with E-state index < -0.39 is 11.7 Å². The molecule has 0 spiro atoms. The molecule has 2 fully saturated rings. The van der Waals surface area contributed by atoms with Gasteiger partial charge in [-0.2, -0.15) is 13.2 Å². The van der Waals surface area contributed by atoms with Crippen molar-refractivity contribution in [2.45, 2.75) is 83.9 Å². The molecule has 2 aromatic carbocycles. The van der Waals surface area contributed by atoms with Gasteiger partial charge in [0.2, 0.25) is 5.91 Å². The lowest BCUT2D eigenvalue weighted by Gasteiger charge is -2.34. The first-order valence-corrected chi connectivity index (χ1v) is 14.0. The number of amides is 1. The summed E-state index contributed by atoms with van der Waals surface area (Å²) in [4.78, 5) is 15.3. The van der Waals surface area contributed by atoms with E-state index >= 15 is 0 Å². The number of halogens is 3. The van der Waals surface area contributed by atoms with E-state index in [1.165, 1.54) is 30.3 Å². The van der Waals surface area contributed by atoms with Crippen molar-refractivity contribution >= 4 is 17.3 Å². The van der Waals surface area contributed by atoms with Crippen LogP contribution in [0.5, 0.6) is 0 Å². The number of benzene rings is 2. The molecule has 0 atom stereocenters. The van der Waals surface area contributed by atoms with Gasteiger partial charge in [-0.1, -0.05) is 39.0 Å². The number of carbonyl (C=O) groups is 1. The number of anilines is 2. The fraction of sp³-hybridized carbons (Fsp3) is 0.581. The van der Waals surface area contributed by atoms with Gasteiger partial charge in [-0.25, -0.2) is 0 Å². The molecular weight excluding hydrogens is 487 g/mol. The summed E-state index contributed by atoms with van der Waals surface area (Å²) in [6.45, 7) is 10.9. The van der Waals surface area contributed by atoms with Crippen LogP contribution in [0.25, 0.3) is 0 Å². The summed E-state index contributed by atoms with van der Waals surface area (Å²) in [5.74, 6) is 0.600. The lowest BCUT2D eigenvalue weighted by Crippen LogP contribution is -2.41. The molecule has 38 heavy (non-hydrogen) atoms. The largest absolute Gasteiger partial charge is 0.416 e. The van der Waals surface area contributed by atoms with Crippen LogP contribution in [0.15, 0.2) is 42.5 Å². The minimum atomic E-state index is -4.36. The molecule has 4 rings (SSSR count). The van der Waals surface area contributed by atoms with Crippen LogP contribution in [0.4, 0.5) is 24.5 Å². The number of nitrogens with one attached hydrogen (secondary N) is 2. The quantitative estimate of drug-likeness (QED) is 0.412. The lowest BCUT2D eigenvalue weighted by molar-refractivity contribution is -0.138. The Balaban J connectivity index is 1.17. The van der Waals surface area contributed by atoms with Gasteiger partial charge in [0.25, 0.3) is 0 Å². The molecular formula is C31H42F3N3O. The molecule has 4 nitrogen and oxygen atoms in total. The Morgan fingerprint density at radius 1 is 0.921 bits per heavy atom. The zero-order chi connectivity index (χ0) is 27.5. The topological polar surface area (TPSA) is 44.4 Å². The molecule has 1 saturated heterocycles. The van der Waals surface area contributed by atoms with Crippen molar-refractivity contribution in [3.63, 3.8) is 0 Å². The molecule has 0 bridgehead atoms. The molecule has 0 aromatic heterocycles. The highest BCUT2D eigenvalue weighted by molar-refractivity contribution is 5.78. The summed E-state index contributed by atoms with van der Waals surface area (Å²) in [6, 6.07) is 13.4. The number of nitrogens with zero attached hydrogens (tertiary/aromatic N) is 1. The third kappa shape index (κ3) is 7.23. The second-order valence-corrected chi connectivity index (χ2v) is 12.2. The van der Waals surface area contributed by atoms with Gasteiger partial charge < -0.3 is 15.5 Å². The standard InChI is InChI=1S/C31H42F3N3O/c1-21-5-10-26(19-28(21)31(32,33)34)36-25-11-6-23(7-12-25)29(38)35-20-22-15-17-37(18-16-22)27-13-8-24(9-14-27)30(2,3)4/h5,8-10,13-14,19,22-23,25,36H,6-7,11-12,15-18,20H2,1-4H3,(H,35,38). The van der Waals surface area contributed by atoms with Crippen molar-refractivity contribution in [3.05, 3.63) is 59.2 Å². The van der Waals surface area contributed by atoms with Crippen molar-refractivity contribution in [2.75, 3.05) is 29.9 Å². The Hall–Kier alpha value is -2.70. The van der Waals surface area contributed by atoms with Crippen molar-refractivity contribution in [1.82, 2.24) is 5.32 Å². The molecule has 208 valence electrons. The van der Waals surface area contributed by atoms with E-state index in [1.807, 2.05) is 0 Å². The van der Waals surface area contributed by atoms with Gasteiger partial charge in [-0.15, -0.1) is 0 Å². The molecule has 2 aliphatic rings. The molecule has 7 heteroatoms. The average molecular weight is 530 g/mol. The lowest BCUT2D eigenvalue weighted by atomic mass is 9.85. The molecule has 0 unspecified atom stereocenters. The van der Waals surface area contributed by atoms with E-state index in [0.29, 0.717) is 11.6 Å². The monoisotopic (exact) mass is 529 g/mol. The maximum atomic E-state index is 13.2. The zero-order valence-corrected chi connectivity index (χ0v) is 23.1. The van der Waals surface area contributed by atoms with E-state index in [4.69, 9.17) is 0 Å². The number of piperidine rings is 1. The highest BCUT2D eigenvalue weighted by Gasteiger charge is 2.33. The Labute approximate surface area is 225 Å². The van der Waals surface area contributed by atoms with E-state index in [-0.39, 0.29) is 28.8 Å². The minimum absolute atomic E-state index is 0.0155. The number of hydrogen-bond donors (Lipinski definition) is 2. The molecule has 1 heterocycles. The normalized spacial score (nSPS) is 21.3. The summed E-state index contributed by atoms with van der Waals surface area (Å²) in [7, 11) is 0. The van der Waals surface area contributed by atoms with Crippen LogP contribution in [0.1, 0.15) is 76.0 Å². The number of aryl methyl sites for hydroxylation is 1.